The van der Waals surface area contributed by atoms with Gasteiger partial charge in [-0.25, -0.2) is 4.39 Å². The first-order valence-electron chi connectivity index (χ1n) is 12.1. The highest BCUT2D eigenvalue weighted by molar-refractivity contribution is 6.06. The van der Waals surface area contributed by atoms with E-state index in [1.807, 2.05) is 36.6 Å². The molecule has 2 fully saturated rings. The highest BCUT2D eigenvalue weighted by atomic mass is 19.1. The molecule has 0 radical (unpaired) electrons. The van der Waals surface area contributed by atoms with Crippen LogP contribution in [0.15, 0.2) is 41.3 Å². The molecule has 0 unspecified atom stereocenters. The van der Waals surface area contributed by atoms with Gasteiger partial charge in [-0.1, -0.05) is 25.1 Å². The Morgan fingerprint density at radius 1 is 1.09 bits per heavy atom. The molecule has 1 amide bonds. The number of benzene rings is 2. The number of aryl methyl sites for hydroxylation is 2. The van der Waals surface area contributed by atoms with Gasteiger partial charge < -0.3 is 19.7 Å². The molecule has 7 heteroatoms. The van der Waals surface area contributed by atoms with Crippen molar-refractivity contribution in [1.29, 1.82) is 0 Å². The third-order valence-electron chi connectivity index (χ3n) is 7.17. The summed E-state index contributed by atoms with van der Waals surface area (Å²) in [5.74, 6) is -0.872. The lowest BCUT2D eigenvalue weighted by atomic mass is 10.1. The minimum Gasteiger partial charge on any atom is -0.367 e. The number of nitrogens with one attached hydrogen (secondary N) is 1. The molecule has 1 aliphatic carbocycles. The smallest absolute Gasteiger partial charge is 0.261 e. The quantitative estimate of drug-likeness (QED) is 0.607. The van der Waals surface area contributed by atoms with E-state index >= 15 is 4.39 Å². The van der Waals surface area contributed by atoms with Crippen molar-refractivity contribution in [3.63, 3.8) is 0 Å². The van der Waals surface area contributed by atoms with E-state index in [0.717, 1.165) is 56.7 Å². The number of anilines is 2. The molecule has 0 spiro atoms. The Kier molecular flexibility index (Phi) is 5.90. The van der Waals surface area contributed by atoms with Gasteiger partial charge >= 0.3 is 0 Å². The number of hydrogen-bond acceptors (Lipinski definition) is 4. The molecule has 34 heavy (non-hydrogen) atoms. The van der Waals surface area contributed by atoms with Gasteiger partial charge in [0.15, 0.2) is 0 Å². The lowest BCUT2D eigenvalue weighted by Gasteiger charge is -2.35. The van der Waals surface area contributed by atoms with Crippen molar-refractivity contribution in [2.24, 2.45) is 0 Å². The normalized spacial score (nSPS) is 16.8. The second kappa shape index (κ2) is 8.87. The predicted molar refractivity (Wildman–Crippen MR) is 135 cm³/mol. The van der Waals surface area contributed by atoms with Crippen molar-refractivity contribution >= 4 is 28.2 Å². The summed E-state index contributed by atoms with van der Waals surface area (Å²) in [7, 11) is 0. The average molecular weight is 463 g/mol. The van der Waals surface area contributed by atoms with Gasteiger partial charge in [0.25, 0.3) is 5.91 Å². The number of hydrogen-bond donors (Lipinski definition) is 1. The van der Waals surface area contributed by atoms with E-state index in [9.17, 15) is 9.59 Å². The maximum Gasteiger partial charge on any atom is 0.261 e. The summed E-state index contributed by atoms with van der Waals surface area (Å²) >= 11 is 0. The molecular weight excluding hydrogens is 431 g/mol. The molecule has 1 aliphatic heterocycles. The largest absolute Gasteiger partial charge is 0.367 e. The van der Waals surface area contributed by atoms with Crippen molar-refractivity contribution in [1.82, 2.24) is 9.47 Å². The Bertz CT molecular complexity index is 1300. The number of nitrogens with zero attached hydrogens (tertiary/aromatic N) is 3. The fourth-order valence-electron chi connectivity index (χ4n) is 4.92. The summed E-state index contributed by atoms with van der Waals surface area (Å²) in [6, 6.07) is 9.13. The van der Waals surface area contributed by atoms with Crippen molar-refractivity contribution in [2.75, 3.05) is 42.9 Å². The van der Waals surface area contributed by atoms with Crippen LogP contribution in [0.1, 0.15) is 47.3 Å². The Balaban J connectivity index is 1.56. The van der Waals surface area contributed by atoms with E-state index in [1.54, 1.807) is 12.3 Å². The molecular formula is C27H31FN4O2. The van der Waals surface area contributed by atoms with Gasteiger partial charge in [0.2, 0.25) is 5.43 Å². The molecule has 2 aromatic carbocycles. The number of carbonyl (C=O) groups is 1. The first-order valence-corrected chi connectivity index (χ1v) is 12.1. The van der Waals surface area contributed by atoms with E-state index in [-0.39, 0.29) is 17.0 Å². The molecule has 1 saturated heterocycles. The van der Waals surface area contributed by atoms with Crippen LogP contribution in [0.25, 0.3) is 10.9 Å². The summed E-state index contributed by atoms with van der Waals surface area (Å²) < 4.78 is 17.3. The molecule has 5 rings (SSSR count). The van der Waals surface area contributed by atoms with Gasteiger partial charge in [0.05, 0.1) is 11.2 Å². The van der Waals surface area contributed by atoms with Crippen LogP contribution in [-0.2, 0) is 0 Å². The Hall–Kier alpha value is -3.19. The maximum atomic E-state index is 15.3. The van der Waals surface area contributed by atoms with Crippen LogP contribution in [0.3, 0.4) is 0 Å². The number of pyridine rings is 1. The highest BCUT2D eigenvalue weighted by Crippen LogP contribution is 2.38. The molecule has 178 valence electrons. The topological polar surface area (TPSA) is 57.6 Å². The number of para-hydroxylation sites is 1. The van der Waals surface area contributed by atoms with Gasteiger partial charge in [-0.3, -0.25) is 9.59 Å². The van der Waals surface area contributed by atoms with E-state index in [0.29, 0.717) is 16.9 Å². The predicted octanol–water partition coefficient (Wildman–Crippen LogP) is 4.49. The van der Waals surface area contributed by atoms with Crippen molar-refractivity contribution in [3.8, 4) is 0 Å². The summed E-state index contributed by atoms with van der Waals surface area (Å²) in [5, 5.41) is 3.17. The van der Waals surface area contributed by atoms with Crippen LogP contribution in [0, 0.1) is 19.7 Å². The maximum absolute atomic E-state index is 15.3. The number of aromatic nitrogens is 1. The van der Waals surface area contributed by atoms with Gasteiger partial charge in [-0.05, 0) is 56.5 Å². The van der Waals surface area contributed by atoms with Crippen molar-refractivity contribution in [3.05, 3.63) is 69.3 Å². The Morgan fingerprint density at radius 3 is 2.38 bits per heavy atom. The zero-order valence-corrected chi connectivity index (χ0v) is 20.0. The zero-order valence-electron chi connectivity index (χ0n) is 20.0. The molecule has 6 nitrogen and oxygen atoms in total. The Morgan fingerprint density at radius 2 is 1.76 bits per heavy atom. The minimum absolute atomic E-state index is 0.0470. The third kappa shape index (κ3) is 4.09. The second-order valence-electron chi connectivity index (χ2n) is 9.47. The summed E-state index contributed by atoms with van der Waals surface area (Å²) in [4.78, 5) is 31.0. The first kappa shape index (κ1) is 22.6. The minimum atomic E-state index is -0.459. The van der Waals surface area contributed by atoms with E-state index < -0.39 is 17.2 Å². The van der Waals surface area contributed by atoms with Crippen LogP contribution >= 0.6 is 0 Å². The standard InChI is InChI=1S/C27H31FN4O2/c1-4-30-10-12-31(13-11-30)24-15-23-20(14-22(24)28)26(33)21(16-32(23)19-8-9-19)27(34)29-25-17(2)6-5-7-18(25)3/h5-7,14-16,19H,4,8-13H2,1-3H3,(H,29,34). The number of fused-ring (bicyclic) bond motifs is 1. The van der Waals surface area contributed by atoms with Crippen LogP contribution in [0.2, 0.25) is 0 Å². The van der Waals surface area contributed by atoms with Gasteiger partial charge in [-0.15, -0.1) is 0 Å². The molecule has 2 aliphatic rings. The van der Waals surface area contributed by atoms with E-state index in [2.05, 4.69) is 22.0 Å². The number of halogens is 1. The molecule has 1 N–H and O–H groups in total. The summed E-state index contributed by atoms with van der Waals surface area (Å²) in [6.45, 7) is 10.2. The second-order valence-corrected chi connectivity index (χ2v) is 9.47. The number of carbonyl (C=O) groups excluding carboxylic acids is 1. The lowest BCUT2D eigenvalue weighted by Crippen LogP contribution is -2.46. The SMILES string of the molecule is CCN1CCN(c2cc3c(cc2F)c(=O)c(C(=O)Nc2c(C)cccc2C)cn3C2CC2)CC1. The van der Waals surface area contributed by atoms with Crippen LogP contribution in [0.4, 0.5) is 15.8 Å². The number of likely N-dealkylation sites (N-methyl/N-ethyl adjacent to an activating group) is 1. The molecule has 1 saturated carbocycles. The van der Waals surface area contributed by atoms with Crippen LogP contribution in [-0.4, -0.2) is 48.1 Å². The van der Waals surface area contributed by atoms with Crippen LogP contribution < -0.4 is 15.6 Å². The fraction of sp³-hybridized carbons (Fsp3) is 0.407. The third-order valence-corrected chi connectivity index (χ3v) is 7.17. The van der Waals surface area contributed by atoms with Gasteiger partial charge in [-0.2, -0.15) is 0 Å². The van der Waals surface area contributed by atoms with Gasteiger partial charge in [0.1, 0.15) is 11.4 Å². The molecule has 0 bridgehead atoms. The highest BCUT2D eigenvalue weighted by Gasteiger charge is 2.28. The number of piperazine rings is 1. The van der Waals surface area contributed by atoms with E-state index in [4.69, 9.17) is 0 Å². The molecule has 2 heterocycles. The van der Waals surface area contributed by atoms with Crippen molar-refractivity contribution < 1.29 is 9.18 Å². The fourth-order valence-corrected chi connectivity index (χ4v) is 4.92. The van der Waals surface area contributed by atoms with Gasteiger partial charge in [0, 0.05) is 49.5 Å². The van der Waals surface area contributed by atoms with Crippen LogP contribution in [0.5, 0.6) is 0 Å². The summed E-state index contributed by atoms with van der Waals surface area (Å²) in [5.41, 5.74) is 3.40. The van der Waals surface area contributed by atoms with Crippen molar-refractivity contribution in [2.45, 2.75) is 39.7 Å². The molecule has 1 aromatic heterocycles. The number of rotatable bonds is 5. The average Bonchev–Trinajstić information content (AvgIpc) is 3.67. The number of amides is 1. The molecule has 3 aromatic rings. The first-order chi connectivity index (χ1) is 16.4. The Labute approximate surface area is 199 Å². The lowest BCUT2D eigenvalue weighted by molar-refractivity contribution is 0.102. The monoisotopic (exact) mass is 462 g/mol. The zero-order chi connectivity index (χ0) is 24.0. The van der Waals surface area contributed by atoms with E-state index in [1.165, 1.54) is 6.07 Å². The summed E-state index contributed by atoms with van der Waals surface area (Å²) in [6.07, 6.45) is 3.64. The molecule has 0 atom stereocenters.